The van der Waals surface area contributed by atoms with E-state index in [2.05, 4.69) is 102 Å². The highest BCUT2D eigenvalue weighted by Crippen LogP contribution is 2.44. The van der Waals surface area contributed by atoms with Crippen LogP contribution in [-0.4, -0.2) is 4.98 Å². The van der Waals surface area contributed by atoms with Gasteiger partial charge < -0.3 is 0 Å². The van der Waals surface area contributed by atoms with Crippen molar-refractivity contribution in [2.75, 3.05) is 0 Å². The van der Waals surface area contributed by atoms with Gasteiger partial charge in [0.05, 0.1) is 11.6 Å². The Kier molecular flexibility index (Phi) is 5.74. The molecule has 0 aliphatic heterocycles. The lowest BCUT2D eigenvalue weighted by Crippen LogP contribution is -1.82. The second-order valence-electron chi connectivity index (χ2n) is 9.56. The minimum absolute atomic E-state index is 0.675. The van der Waals surface area contributed by atoms with E-state index >= 15 is 0 Å². The van der Waals surface area contributed by atoms with Crippen LogP contribution in [-0.2, 0) is 0 Å². The summed E-state index contributed by atoms with van der Waals surface area (Å²) in [7, 11) is 0. The Labute approximate surface area is 231 Å². The first-order chi connectivity index (χ1) is 19.3. The highest BCUT2D eigenvalue weighted by Gasteiger charge is 2.14. The average Bonchev–Trinajstić information content (AvgIpc) is 3.41. The van der Waals surface area contributed by atoms with E-state index < -0.39 is 0 Å². The summed E-state index contributed by atoms with van der Waals surface area (Å²) in [6, 6.07) is 44.7. The van der Waals surface area contributed by atoms with Gasteiger partial charge in [0.1, 0.15) is 0 Å². The van der Waals surface area contributed by atoms with E-state index in [0.717, 1.165) is 16.7 Å². The number of aromatic nitrogens is 1. The van der Waals surface area contributed by atoms with Crippen molar-refractivity contribution in [3.63, 3.8) is 0 Å². The standard InChI is InChI=1S/C36H22N2S/c37-22-24-5-1-6-29(21-24)25-12-16-27(17-13-25)31-8-2-10-33-34-11-3-9-32(36(34)39-35(31)33)28-18-14-26(15-19-28)30-7-4-20-38-23-30/h1-21,23H. The second kappa shape index (κ2) is 9.68. The highest BCUT2D eigenvalue weighted by molar-refractivity contribution is 7.26. The van der Waals surface area contributed by atoms with Gasteiger partial charge in [-0.2, -0.15) is 5.26 Å². The molecule has 0 bridgehead atoms. The van der Waals surface area contributed by atoms with Crippen molar-refractivity contribution < 1.29 is 0 Å². The van der Waals surface area contributed by atoms with Crippen LogP contribution in [0.2, 0.25) is 0 Å². The van der Waals surface area contributed by atoms with Gasteiger partial charge in [0.15, 0.2) is 0 Å². The Morgan fingerprint density at radius 1 is 0.513 bits per heavy atom. The highest BCUT2D eigenvalue weighted by atomic mass is 32.1. The Hall–Kier alpha value is -5.04. The van der Waals surface area contributed by atoms with Crippen LogP contribution in [0.25, 0.3) is 64.7 Å². The van der Waals surface area contributed by atoms with E-state index in [1.54, 1.807) is 6.20 Å². The lowest BCUT2D eigenvalue weighted by atomic mass is 9.97. The lowest BCUT2D eigenvalue weighted by Gasteiger charge is -2.06. The molecule has 182 valence electrons. The molecular weight excluding hydrogens is 492 g/mol. The van der Waals surface area contributed by atoms with Gasteiger partial charge in [0, 0.05) is 32.6 Å². The molecule has 0 spiro atoms. The molecule has 2 heterocycles. The predicted octanol–water partition coefficient (Wildman–Crippen LogP) is 9.99. The van der Waals surface area contributed by atoms with Crippen LogP contribution in [0, 0.1) is 11.3 Å². The maximum atomic E-state index is 9.26. The minimum atomic E-state index is 0.675. The normalized spacial score (nSPS) is 11.1. The molecule has 2 aromatic heterocycles. The van der Waals surface area contributed by atoms with Crippen molar-refractivity contribution >= 4 is 31.5 Å². The monoisotopic (exact) mass is 514 g/mol. The molecule has 0 radical (unpaired) electrons. The molecule has 0 N–H and O–H groups in total. The molecule has 5 aromatic carbocycles. The molecule has 7 rings (SSSR count). The number of hydrogen-bond donors (Lipinski definition) is 0. The van der Waals surface area contributed by atoms with E-state index in [9.17, 15) is 5.26 Å². The molecule has 39 heavy (non-hydrogen) atoms. The van der Waals surface area contributed by atoms with E-state index in [4.69, 9.17) is 0 Å². The Morgan fingerprint density at radius 3 is 1.62 bits per heavy atom. The quantitative estimate of drug-likeness (QED) is 0.234. The first-order valence-corrected chi connectivity index (χ1v) is 13.7. The number of benzene rings is 5. The number of hydrogen-bond acceptors (Lipinski definition) is 3. The van der Waals surface area contributed by atoms with Crippen molar-refractivity contribution in [1.82, 2.24) is 4.98 Å². The summed E-state index contributed by atoms with van der Waals surface area (Å²) < 4.78 is 2.60. The molecule has 0 saturated carbocycles. The van der Waals surface area contributed by atoms with Crippen molar-refractivity contribution in [3.8, 4) is 50.6 Å². The average molecular weight is 515 g/mol. The van der Waals surface area contributed by atoms with Crippen molar-refractivity contribution in [1.29, 1.82) is 5.26 Å². The molecule has 7 aromatic rings. The number of nitrogens with zero attached hydrogens (tertiary/aromatic N) is 2. The third kappa shape index (κ3) is 4.18. The van der Waals surface area contributed by atoms with Gasteiger partial charge in [-0.1, -0.05) is 103 Å². The summed E-state index contributed by atoms with van der Waals surface area (Å²) in [4.78, 5) is 4.26. The molecule has 3 heteroatoms. The Morgan fingerprint density at radius 2 is 1.05 bits per heavy atom. The van der Waals surface area contributed by atoms with Crippen molar-refractivity contribution in [2.24, 2.45) is 0 Å². The summed E-state index contributed by atoms with van der Waals surface area (Å²) in [6.45, 7) is 0. The van der Waals surface area contributed by atoms with E-state index in [1.807, 2.05) is 47.9 Å². The van der Waals surface area contributed by atoms with Crippen molar-refractivity contribution in [2.45, 2.75) is 0 Å². The number of rotatable bonds is 4. The van der Waals surface area contributed by atoms with Crippen LogP contribution in [0.3, 0.4) is 0 Å². The second-order valence-corrected chi connectivity index (χ2v) is 10.6. The topological polar surface area (TPSA) is 36.7 Å². The lowest BCUT2D eigenvalue weighted by molar-refractivity contribution is 1.33. The summed E-state index contributed by atoms with van der Waals surface area (Å²) in [5.41, 5.74) is 10.0. The number of pyridine rings is 1. The minimum Gasteiger partial charge on any atom is -0.264 e. The van der Waals surface area contributed by atoms with Crippen molar-refractivity contribution in [3.05, 3.63) is 139 Å². The maximum Gasteiger partial charge on any atom is 0.0991 e. The van der Waals surface area contributed by atoms with E-state index in [-0.39, 0.29) is 0 Å². The largest absolute Gasteiger partial charge is 0.264 e. The molecule has 0 aliphatic rings. The molecule has 2 nitrogen and oxygen atoms in total. The van der Waals surface area contributed by atoms with Gasteiger partial charge in [-0.15, -0.1) is 11.3 Å². The first kappa shape index (κ1) is 23.1. The summed E-state index contributed by atoms with van der Waals surface area (Å²) in [5, 5.41) is 11.8. The smallest absolute Gasteiger partial charge is 0.0991 e. The third-order valence-electron chi connectivity index (χ3n) is 7.24. The number of thiophene rings is 1. The maximum absolute atomic E-state index is 9.26. The zero-order chi connectivity index (χ0) is 26.2. The number of fused-ring (bicyclic) bond motifs is 3. The zero-order valence-electron chi connectivity index (χ0n) is 21.0. The molecule has 0 amide bonds. The van der Waals surface area contributed by atoms with Gasteiger partial charge >= 0.3 is 0 Å². The van der Waals surface area contributed by atoms with Gasteiger partial charge in [0.2, 0.25) is 0 Å². The Balaban J connectivity index is 1.30. The van der Waals surface area contributed by atoms with Gasteiger partial charge in [0.25, 0.3) is 0 Å². The van der Waals surface area contributed by atoms with Gasteiger partial charge in [-0.25, -0.2) is 0 Å². The fourth-order valence-electron chi connectivity index (χ4n) is 5.26. The SMILES string of the molecule is N#Cc1cccc(-c2ccc(-c3cccc4c3sc3c(-c5ccc(-c6cccnc6)cc5)cccc34)cc2)c1. The van der Waals surface area contributed by atoms with E-state index in [1.165, 1.54) is 48.0 Å². The first-order valence-electron chi connectivity index (χ1n) is 12.8. The van der Waals surface area contributed by atoms with Crippen LogP contribution >= 0.6 is 11.3 Å². The molecule has 0 fully saturated rings. The predicted molar refractivity (Wildman–Crippen MR) is 164 cm³/mol. The fraction of sp³-hybridized carbons (Fsp3) is 0. The Bertz CT molecular complexity index is 2000. The fourth-order valence-corrected chi connectivity index (χ4v) is 6.63. The summed E-state index contributed by atoms with van der Waals surface area (Å²) >= 11 is 1.86. The van der Waals surface area contributed by atoms with Crippen LogP contribution in [0.1, 0.15) is 5.56 Å². The molecule has 0 unspecified atom stereocenters. The van der Waals surface area contributed by atoms with Crippen LogP contribution in [0.4, 0.5) is 0 Å². The molecule has 0 saturated heterocycles. The molecular formula is C36H22N2S. The van der Waals surface area contributed by atoms with Gasteiger partial charge in [-0.05, 0) is 62.7 Å². The van der Waals surface area contributed by atoms with Gasteiger partial charge in [-0.3, -0.25) is 4.98 Å². The third-order valence-corrected chi connectivity index (χ3v) is 8.52. The molecule has 0 atom stereocenters. The zero-order valence-corrected chi connectivity index (χ0v) is 21.8. The molecule has 0 aliphatic carbocycles. The van der Waals surface area contributed by atoms with E-state index in [0.29, 0.717) is 5.56 Å². The number of nitriles is 1. The van der Waals surface area contributed by atoms with Crippen LogP contribution < -0.4 is 0 Å². The van der Waals surface area contributed by atoms with Crippen LogP contribution in [0.5, 0.6) is 0 Å². The summed E-state index contributed by atoms with van der Waals surface area (Å²) in [6.07, 6.45) is 3.70. The summed E-state index contributed by atoms with van der Waals surface area (Å²) in [5.74, 6) is 0. The van der Waals surface area contributed by atoms with Crippen LogP contribution in [0.15, 0.2) is 134 Å².